The average molecular weight is 362 g/mol. The minimum absolute atomic E-state index is 0.199. The van der Waals surface area contributed by atoms with Gasteiger partial charge in [0.25, 0.3) is 11.8 Å². The molecule has 1 aromatic carbocycles. The fraction of sp³-hybridized carbons (Fsp3) is 0.286. The fourth-order valence-electron chi connectivity index (χ4n) is 3.14. The van der Waals surface area contributed by atoms with E-state index in [-0.39, 0.29) is 35.3 Å². The number of benzene rings is 1. The Hall–Kier alpha value is -3.15. The molecule has 0 atom stereocenters. The van der Waals surface area contributed by atoms with Crippen LogP contribution in [0.25, 0.3) is 5.52 Å². The monoisotopic (exact) mass is 362 g/mol. The predicted molar refractivity (Wildman–Crippen MR) is 104 cm³/mol. The van der Waals surface area contributed by atoms with E-state index >= 15 is 0 Å². The lowest BCUT2D eigenvalue weighted by Crippen LogP contribution is -2.26. The summed E-state index contributed by atoms with van der Waals surface area (Å²) in [5.74, 6) is -0.0962. The van der Waals surface area contributed by atoms with Crippen molar-refractivity contribution in [2.45, 2.75) is 38.6 Å². The number of anilines is 1. The van der Waals surface area contributed by atoms with E-state index in [9.17, 15) is 9.59 Å². The molecule has 2 amide bonds. The average Bonchev–Trinajstić information content (AvgIpc) is 3.38. The van der Waals surface area contributed by atoms with Gasteiger partial charge in [0.1, 0.15) is 0 Å². The molecule has 0 aliphatic heterocycles. The third kappa shape index (κ3) is 3.43. The lowest BCUT2D eigenvalue weighted by Gasteiger charge is -2.13. The molecule has 2 aromatic heterocycles. The van der Waals surface area contributed by atoms with E-state index in [2.05, 4.69) is 29.5 Å². The number of para-hydroxylation sites is 1. The van der Waals surface area contributed by atoms with Gasteiger partial charge in [0.15, 0.2) is 5.69 Å². The molecule has 0 spiro atoms. The Labute approximate surface area is 157 Å². The molecule has 2 N–H and O–H groups in total. The molecular formula is C21H22N4O2. The molecule has 1 aliphatic rings. The molecule has 0 unspecified atom stereocenters. The Kier molecular flexibility index (Phi) is 4.39. The number of pyridine rings is 1. The van der Waals surface area contributed by atoms with Gasteiger partial charge in [-0.2, -0.15) is 0 Å². The van der Waals surface area contributed by atoms with Crippen LogP contribution in [0, 0.1) is 0 Å². The van der Waals surface area contributed by atoms with Crippen molar-refractivity contribution in [2.24, 2.45) is 0 Å². The Morgan fingerprint density at radius 3 is 2.56 bits per heavy atom. The first-order chi connectivity index (χ1) is 13.0. The van der Waals surface area contributed by atoms with Crippen molar-refractivity contribution in [3.63, 3.8) is 0 Å². The summed E-state index contributed by atoms with van der Waals surface area (Å²) in [5, 5.41) is 5.89. The van der Waals surface area contributed by atoms with Crippen molar-refractivity contribution < 1.29 is 9.59 Å². The van der Waals surface area contributed by atoms with Gasteiger partial charge >= 0.3 is 0 Å². The van der Waals surface area contributed by atoms with Gasteiger partial charge in [0, 0.05) is 17.9 Å². The normalized spacial score (nSPS) is 13.7. The highest BCUT2D eigenvalue weighted by molar-refractivity contribution is 6.06. The van der Waals surface area contributed by atoms with E-state index < -0.39 is 0 Å². The summed E-state index contributed by atoms with van der Waals surface area (Å²) in [6, 6.07) is 13.4. The van der Waals surface area contributed by atoms with Gasteiger partial charge in [-0.25, -0.2) is 4.98 Å². The summed E-state index contributed by atoms with van der Waals surface area (Å²) in [7, 11) is 0. The quantitative estimate of drug-likeness (QED) is 0.728. The van der Waals surface area contributed by atoms with Crippen LogP contribution in [-0.2, 0) is 0 Å². The SMILES string of the molecule is CC(C)c1ccccc1NC(=O)c1nc(C(=O)NC2CC2)c2ccccn12. The smallest absolute Gasteiger partial charge is 0.292 e. The zero-order chi connectivity index (χ0) is 19.0. The largest absolute Gasteiger partial charge is 0.348 e. The van der Waals surface area contributed by atoms with Crippen molar-refractivity contribution in [3.05, 3.63) is 65.7 Å². The van der Waals surface area contributed by atoms with Crippen molar-refractivity contribution in [1.82, 2.24) is 14.7 Å². The van der Waals surface area contributed by atoms with E-state index in [1.54, 1.807) is 16.7 Å². The lowest BCUT2D eigenvalue weighted by molar-refractivity contribution is 0.0948. The Bertz CT molecular complexity index is 1020. The Morgan fingerprint density at radius 1 is 1.07 bits per heavy atom. The van der Waals surface area contributed by atoms with Gasteiger partial charge in [0.2, 0.25) is 5.82 Å². The summed E-state index contributed by atoms with van der Waals surface area (Å²) in [6.45, 7) is 4.16. The Morgan fingerprint density at radius 2 is 1.81 bits per heavy atom. The minimum atomic E-state index is -0.338. The first kappa shape index (κ1) is 17.3. The van der Waals surface area contributed by atoms with E-state index in [4.69, 9.17) is 0 Å². The van der Waals surface area contributed by atoms with Gasteiger partial charge in [-0.05, 0) is 42.5 Å². The highest BCUT2D eigenvalue weighted by Gasteiger charge is 2.27. The first-order valence-electron chi connectivity index (χ1n) is 9.23. The highest BCUT2D eigenvalue weighted by atomic mass is 16.2. The summed E-state index contributed by atoms with van der Waals surface area (Å²) in [5.41, 5.74) is 2.72. The predicted octanol–water partition coefficient (Wildman–Crippen LogP) is 3.60. The maximum atomic E-state index is 12.9. The number of hydrogen-bond acceptors (Lipinski definition) is 3. The number of carbonyl (C=O) groups excluding carboxylic acids is 2. The summed E-state index contributed by atoms with van der Waals surface area (Å²) < 4.78 is 1.66. The van der Waals surface area contributed by atoms with Crippen molar-refractivity contribution >= 4 is 23.0 Å². The standard InChI is InChI=1S/C21H22N4O2/c1-13(2)15-7-3-4-8-16(15)23-21(27)19-24-18(20(26)22-14-10-11-14)17-9-5-6-12-25(17)19/h3-9,12-14H,10-11H2,1-2H3,(H,22,26)(H,23,27). The second kappa shape index (κ2) is 6.87. The number of amides is 2. The first-order valence-corrected chi connectivity index (χ1v) is 9.23. The number of hydrogen-bond donors (Lipinski definition) is 2. The van der Waals surface area contributed by atoms with Gasteiger partial charge in [-0.3, -0.25) is 14.0 Å². The fourth-order valence-corrected chi connectivity index (χ4v) is 3.14. The van der Waals surface area contributed by atoms with Crippen LogP contribution in [0.5, 0.6) is 0 Å². The van der Waals surface area contributed by atoms with E-state index in [0.717, 1.165) is 24.1 Å². The third-order valence-corrected chi connectivity index (χ3v) is 4.71. The molecule has 6 nitrogen and oxygen atoms in total. The molecule has 1 saturated carbocycles. The van der Waals surface area contributed by atoms with Crippen molar-refractivity contribution in [3.8, 4) is 0 Å². The molecule has 1 aliphatic carbocycles. The van der Waals surface area contributed by atoms with Crippen LogP contribution in [0.1, 0.15) is 59.3 Å². The van der Waals surface area contributed by atoms with Crippen LogP contribution in [-0.4, -0.2) is 27.2 Å². The molecule has 2 heterocycles. The van der Waals surface area contributed by atoms with Gasteiger partial charge < -0.3 is 10.6 Å². The molecule has 0 saturated heterocycles. The number of aromatic nitrogens is 2. The molecule has 0 radical (unpaired) electrons. The van der Waals surface area contributed by atoms with Crippen molar-refractivity contribution in [1.29, 1.82) is 0 Å². The molecule has 1 fully saturated rings. The van der Waals surface area contributed by atoms with Crippen molar-refractivity contribution in [2.75, 3.05) is 5.32 Å². The number of carbonyl (C=O) groups is 2. The van der Waals surface area contributed by atoms with Crippen LogP contribution in [0.3, 0.4) is 0 Å². The second-order valence-corrected chi connectivity index (χ2v) is 7.18. The third-order valence-electron chi connectivity index (χ3n) is 4.71. The molecular weight excluding hydrogens is 340 g/mol. The van der Waals surface area contributed by atoms with E-state index in [1.165, 1.54) is 0 Å². The number of imidazole rings is 1. The van der Waals surface area contributed by atoms with Crippen LogP contribution in [0.4, 0.5) is 5.69 Å². The topological polar surface area (TPSA) is 75.5 Å². The highest BCUT2D eigenvalue weighted by Crippen LogP contribution is 2.25. The number of nitrogens with zero attached hydrogens (tertiary/aromatic N) is 2. The van der Waals surface area contributed by atoms with E-state index in [0.29, 0.717) is 5.52 Å². The zero-order valence-electron chi connectivity index (χ0n) is 15.4. The number of rotatable bonds is 5. The summed E-state index contributed by atoms with van der Waals surface area (Å²) in [4.78, 5) is 29.9. The molecule has 0 bridgehead atoms. The van der Waals surface area contributed by atoms with Crippen LogP contribution >= 0.6 is 0 Å². The Balaban J connectivity index is 1.69. The van der Waals surface area contributed by atoms with Gasteiger partial charge in [-0.1, -0.05) is 38.1 Å². The van der Waals surface area contributed by atoms with Gasteiger partial charge in [0.05, 0.1) is 5.52 Å². The molecule has 138 valence electrons. The number of fused-ring (bicyclic) bond motifs is 1. The van der Waals surface area contributed by atoms with Gasteiger partial charge in [-0.15, -0.1) is 0 Å². The van der Waals surface area contributed by atoms with Crippen LogP contribution in [0.2, 0.25) is 0 Å². The molecule has 4 rings (SSSR count). The minimum Gasteiger partial charge on any atom is -0.348 e. The maximum Gasteiger partial charge on any atom is 0.292 e. The van der Waals surface area contributed by atoms with Crippen LogP contribution in [0.15, 0.2) is 48.7 Å². The maximum absolute atomic E-state index is 12.9. The van der Waals surface area contributed by atoms with E-state index in [1.807, 2.05) is 36.4 Å². The molecule has 3 aromatic rings. The molecule has 27 heavy (non-hydrogen) atoms. The lowest BCUT2D eigenvalue weighted by atomic mass is 10.0. The van der Waals surface area contributed by atoms with Crippen LogP contribution < -0.4 is 10.6 Å². The summed E-state index contributed by atoms with van der Waals surface area (Å²) in [6.07, 6.45) is 3.74. The zero-order valence-corrected chi connectivity index (χ0v) is 15.4. The summed E-state index contributed by atoms with van der Waals surface area (Å²) >= 11 is 0. The second-order valence-electron chi connectivity index (χ2n) is 7.18. The number of nitrogens with one attached hydrogen (secondary N) is 2. The molecule has 6 heteroatoms.